The SMILES string of the molecule is CC(C(=O)[C@H](CCCCN)NC(=O)OCC1c2ccccc2-c2ccccc21)=C1C(=O)CC(C)(C)CC1=O. The molecular weight excluding hydrogens is 480 g/mol. The minimum absolute atomic E-state index is 0.0347. The van der Waals surface area contributed by atoms with E-state index in [1.165, 1.54) is 6.92 Å². The topological polar surface area (TPSA) is 116 Å². The number of amides is 1. The van der Waals surface area contributed by atoms with Crippen LogP contribution in [0.1, 0.15) is 69.9 Å². The molecule has 0 bridgehead atoms. The first-order chi connectivity index (χ1) is 18.1. The lowest BCUT2D eigenvalue weighted by molar-refractivity contribution is -0.128. The van der Waals surface area contributed by atoms with Crippen LogP contribution in [0.3, 0.4) is 0 Å². The number of allylic oxidation sites excluding steroid dienone is 1. The number of benzene rings is 2. The largest absolute Gasteiger partial charge is 0.449 e. The molecule has 1 amide bonds. The zero-order valence-corrected chi connectivity index (χ0v) is 22.3. The van der Waals surface area contributed by atoms with Crippen LogP contribution in [0, 0.1) is 5.41 Å². The molecule has 0 aliphatic heterocycles. The van der Waals surface area contributed by atoms with Crippen LogP contribution in [0.15, 0.2) is 59.7 Å². The van der Waals surface area contributed by atoms with Crippen LogP contribution >= 0.6 is 0 Å². The molecule has 0 spiro atoms. The van der Waals surface area contributed by atoms with Gasteiger partial charge in [-0.1, -0.05) is 62.4 Å². The molecule has 1 fully saturated rings. The molecule has 0 unspecified atom stereocenters. The van der Waals surface area contributed by atoms with Crippen molar-refractivity contribution in [1.82, 2.24) is 5.32 Å². The van der Waals surface area contributed by atoms with Gasteiger partial charge in [0.2, 0.25) is 0 Å². The Bertz CT molecular complexity index is 1230. The van der Waals surface area contributed by atoms with Crippen LogP contribution in [-0.2, 0) is 19.1 Å². The summed E-state index contributed by atoms with van der Waals surface area (Å²) in [6, 6.07) is 15.2. The van der Waals surface area contributed by atoms with E-state index >= 15 is 0 Å². The molecule has 0 saturated heterocycles. The number of rotatable bonds is 9. The van der Waals surface area contributed by atoms with E-state index < -0.39 is 23.3 Å². The molecule has 200 valence electrons. The number of Topliss-reactive ketones (excluding diaryl/α,β-unsaturated/α-hetero) is 3. The molecule has 1 saturated carbocycles. The predicted molar refractivity (Wildman–Crippen MR) is 146 cm³/mol. The summed E-state index contributed by atoms with van der Waals surface area (Å²) in [5.41, 5.74) is 9.70. The van der Waals surface area contributed by atoms with Gasteiger partial charge in [0.05, 0.1) is 11.6 Å². The molecule has 38 heavy (non-hydrogen) atoms. The molecule has 2 aromatic carbocycles. The van der Waals surface area contributed by atoms with Crippen molar-refractivity contribution in [1.29, 1.82) is 0 Å². The maximum absolute atomic E-state index is 13.4. The van der Waals surface area contributed by atoms with Crippen LogP contribution in [-0.4, -0.2) is 42.6 Å². The third-order valence-electron chi connectivity index (χ3n) is 7.48. The van der Waals surface area contributed by atoms with Gasteiger partial charge in [0.1, 0.15) is 6.61 Å². The molecule has 7 heteroatoms. The van der Waals surface area contributed by atoms with Crippen molar-refractivity contribution >= 4 is 23.4 Å². The van der Waals surface area contributed by atoms with Gasteiger partial charge in [-0.15, -0.1) is 0 Å². The van der Waals surface area contributed by atoms with E-state index in [9.17, 15) is 19.2 Å². The second-order valence-electron chi connectivity index (χ2n) is 11.0. The summed E-state index contributed by atoms with van der Waals surface area (Å²) in [6.07, 6.45) is 1.32. The van der Waals surface area contributed by atoms with Crippen molar-refractivity contribution in [3.05, 3.63) is 70.8 Å². The molecule has 7 nitrogen and oxygen atoms in total. The molecule has 0 heterocycles. The van der Waals surface area contributed by atoms with Crippen molar-refractivity contribution in [2.75, 3.05) is 13.2 Å². The molecule has 2 aromatic rings. The summed E-state index contributed by atoms with van der Waals surface area (Å²) in [5, 5.41) is 2.71. The van der Waals surface area contributed by atoms with Crippen molar-refractivity contribution in [3.63, 3.8) is 0 Å². The lowest BCUT2D eigenvalue weighted by Gasteiger charge is -2.29. The normalized spacial score (nSPS) is 17.0. The third-order valence-corrected chi connectivity index (χ3v) is 7.48. The number of carbonyl (C=O) groups is 4. The molecule has 3 N–H and O–H groups in total. The maximum Gasteiger partial charge on any atom is 0.407 e. The Morgan fingerprint density at radius 3 is 2.08 bits per heavy atom. The summed E-state index contributed by atoms with van der Waals surface area (Å²) < 4.78 is 5.64. The zero-order chi connectivity index (χ0) is 27.4. The number of ketones is 3. The smallest absolute Gasteiger partial charge is 0.407 e. The Balaban J connectivity index is 1.48. The van der Waals surface area contributed by atoms with E-state index in [1.54, 1.807) is 0 Å². The summed E-state index contributed by atoms with van der Waals surface area (Å²) in [4.78, 5) is 51.9. The molecule has 1 atom stereocenters. The first-order valence-electron chi connectivity index (χ1n) is 13.3. The fourth-order valence-corrected chi connectivity index (χ4v) is 5.61. The predicted octanol–water partition coefficient (Wildman–Crippen LogP) is 4.87. The number of fused-ring (bicyclic) bond motifs is 3. The van der Waals surface area contributed by atoms with Gasteiger partial charge < -0.3 is 15.8 Å². The fraction of sp³-hybridized carbons (Fsp3) is 0.419. The van der Waals surface area contributed by atoms with Crippen LogP contribution in [0.2, 0.25) is 0 Å². The average molecular weight is 517 g/mol. The second kappa shape index (κ2) is 11.4. The highest BCUT2D eigenvalue weighted by Gasteiger charge is 2.38. The first-order valence-corrected chi connectivity index (χ1v) is 13.3. The number of nitrogens with one attached hydrogen (secondary N) is 1. The molecule has 2 aliphatic carbocycles. The number of hydrogen-bond donors (Lipinski definition) is 2. The van der Waals surface area contributed by atoms with E-state index in [1.807, 2.05) is 50.2 Å². The van der Waals surface area contributed by atoms with Gasteiger partial charge in [-0.25, -0.2) is 4.79 Å². The van der Waals surface area contributed by atoms with E-state index in [4.69, 9.17) is 10.5 Å². The fourth-order valence-electron chi connectivity index (χ4n) is 5.61. The quantitative estimate of drug-likeness (QED) is 0.279. The van der Waals surface area contributed by atoms with Crippen LogP contribution in [0.4, 0.5) is 4.79 Å². The van der Waals surface area contributed by atoms with Gasteiger partial charge in [-0.3, -0.25) is 14.4 Å². The lowest BCUT2D eigenvalue weighted by Crippen LogP contribution is -2.43. The van der Waals surface area contributed by atoms with Crippen LogP contribution < -0.4 is 11.1 Å². The van der Waals surface area contributed by atoms with E-state index in [-0.39, 0.29) is 48.1 Å². The summed E-state index contributed by atoms with van der Waals surface area (Å²) >= 11 is 0. The van der Waals surface area contributed by atoms with Gasteiger partial charge >= 0.3 is 6.09 Å². The van der Waals surface area contributed by atoms with Gasteiger partial charge in [0.25, 0.3) is 0 Å². The van der Waals surface area contributed by atoms with Crippen molar-refractivity contribution in [2.24, 2.45) is 11.1 Å². The minimum atomic E-state index is -0.916. The standard InChI is InChI=1S/C31H36N2O5/c1-19(28-26(34)16-31(2,3)17-27(28)35)29(36)25(14-8-9-15-32)33-30(37)38-18-24-22-12-6-4-10-20(22)21-11-5-7-13-23(21)24/h4-7,10-13,24-25H,8-9,14-18,32H2,1-3H3,(H,33,37)/t25-/m0/s1. The van der Waals surface area contributed by atoms with E-state index in [2.05, 4.69) is 17.4 Å². The average Bonchev–Trinajstić information content (AvgIpc) is 3.19. The number of ether oxygens (including phenoxy) is 1. The summed E-state index contributed by atoms with van der Waals surface area (Å²) in [7, 11) is 0. The van der Waals surface area contributed by atoms with Crippen LogP contribution in [0.25, 0.3) is 11.1 Å². The van der Waals surface area contributed by atoms with Crippen LogP contribution in [0.5, 0.6) is 0 Å². The highest BCUT2D eigenvalue weighted by atomic mass is 16.5. The Labute approximate surface area is 223 Å². The minimum Gasteiger partial charge on any atom is -0.449 e. The Kier molecular flexibility index (Phi) is 8.26. The Morgan fingerprint density at radius 1 is 0.974 bits per heavy atom. The monoisotopic (exact) mass is 516 g/mol. The number of carbonyl (C=O) groups excluding carboxylic acids is 4. The van der Waals surface area contributed by atoms with Gasteiger partial charge in [-0.05, 0) is 60.4 Å². The van der Waals surface area contributed by atoms with Crippen molar-refractivity contribution in [2.45, 2.75) is 64.8 Å². The highest BCUT2D eigenvalue weighted by molar-refractivity contribution is 6.26. The Morgan fingerprint density at radius 2 is 1.53 bits per heavy atom. The van der Waals surface area contributed by atoms with E-state index in [0.29, 0.717) is 25.8 Å². The highest BCUT2D eigenvalue weighted by Crippen LogP contribution is 2.44. The lowest BCUT2D eigenvalue weighted by atomic mass is 9.72. The van der Waals surface area contributed by atoms with Gasteiger partial charge in [0, 0.05) is 24.3 Å². The number of unbranched alkanes of at least 4 members (excludes halogenated alkanes) is 1. The molecule has 2 aliphatic rings. The number of alkyl carbamates (subject to hydrolysis) is 1. The number of nitrogens with two attached hydrogens (primary N) is 1. The first kappa shape index (κ1) is 27.5. The molecule has 0 radical (unpaired) electrons. The molecule has 4 rings (SSSR count). The molecular formula is C31H36N2O5. The van der Waals surface area contributed by atoms with E-state index in [0.717, 1.165) is 22.3 Å². The van der Waals surface area contributed by atoms with Gasteiger partial charge in [0.15, 0.2) is 17.3 Å². The Hall–Kier alpha value is -3.58. The number of hydrogen-bond acceptors (Lipinski definition) is 6. The zero-order valence-electron chi connectivity index (χ0n) is 22.3. The van der Waals surface area contributed by atoms with Gasteiger partial charge in [-0.2, -0.15) is 0 Å². The summed E-state index contributed by atoms with van der Waals surface area (Å²) in [5.74, 6) is -1.19. The van der Waals surface area contributed by atoms with Crippen molar-refractivity contribution < 1.29 is 23.9 Å². The van der Waals surface area contributed by atoms with Crippen molar-refractivity contribution in [3.8, 4) is 11.1 Å². The summed E-state index contributed by atoms with van der Waals surface area (Å²) in [6.45, 7) is 5.81. The maximum atomic E-state index is 13.4. The second-order valence-corrected chi connectivity index (χ2v) is 11.0. The molecule has 0 aromatic heterocycles. The third kappa shape index (κ3) is 5.78.